The van der Waals surface area contributed by atoms with Gasteiger partial charge in [0.15, 0.2) is 6.10 Å². The number of carbonyl (C=O) groups is 1. The summed E-state index contributed by atoms with van der Waals surface area (Å²) in [6.45, 7) is 1.63. The second-order valence-corrected chi connectivity index (χ2v) is 6.11. The Morgan fingerprint density at radius 3 is 2.58 bits per heavy atom. The number of nitrogens with one attached hydrogen (secondary N) is 2. The maximum atomic E-state index is 13.7. The van der Waals surface area contributed by atoms with Gasteiger partial charge >= 0.3 is 0 Å². The Balaban J connectivity index is 1.53. The Bertz CT molecular complexity index is 1100. The summed E-state index contributed by atoms with van der Waals surface area (Å²) in [5.74, 6) is -0.320. The van der Waals surface area contributed by atoms with Gasteiger partial charge in [-0.15, -0.1) is 0 Å². The molecule has 0 radical (unpaired) electrons. The highest BCUT2D eigenvalue weighted by Crippen LogP contribution is 2.28. The number of ether oxygens (including phenoxy) is 1. The largest absolute Gasteiger partial charge is 0.481 e. The highest BCUT2D eigenvalue weighted by atomic mass is 19.1. The highest BCUT2D eigenvalue weighted by Gasteiger charge is 2.17. The number of hydrogen-bond donors (Lipinski definition) is 2. The van der Waals surface area contributed by atoms with Crippen molar-refractivity contribution in [3.63, 3.8) is 0 Å². The Morgan fingerprint density at radius 2 is 1.73 bits per heavy atom. The number of amides is 1. The predicted octanol–water partition coefficient (Wildman–Crippen LogP) is 4.87. The first-order chi connectivity index (χ1) is 12.6. The average Bonchev–Trinajstić information content (AvgIpc) is 3.01. The molecule has 0 aliphatic rings. The second kappa shape index (κ2) is 6.52. The zero-order valence-corrected chi connectivity index (χ0v) is 14.1. The van der Waals surface area contributed by atoms with Gasteiger partial charge in [0.1, 0.15) is 11.6 Å². The van der Waals surface area contributed by atoms with Gasteiger partial charge in [-0.05, 0) is 37.3 Å². The Hall–Kier alpha value is -3.34. The summed E-state index contributed by atoms with van der Waals surface area (Å²) in [5.41, 5.74) is 2.12. The third-order valence-corrected chi connectivity index (χ3v) is 4.29. The summed E-state index contributed by atoms with van der Waals surface area (Å²) in [6, 6.07) is 19.7. The summed E-state index contributed by atoms with van der Waals surface area (Å²) in [7, 11) is 0. The molecule has 1 amide bonds. The molecule has 130 valence electrons. The summed E-state index contributed by atoms with van der Waals surface area (Å²) in [4.78, 5) is 15.6. The SMILES string of the molecule is CC(Oc1ccc2c(c1)[nH]c1ccccc12)C(=O)Nc1ccccc1F. The number of anilines is 1. The summed E-state index contributed by atoms with van der Waals surface area (Å²) < 4.78 is 19.4. The molecular weight excluding hydrogens is 331 g/mol. The lowest BCUT2D eigenvalue weighted by molar-refractivity contribution is -0.122. The fourth-order valence-electron chi connectivity index (χ4n) is 2.96. The van der Waals surface area contributed by atoms with Gasteiger partial charge in [0, 0.05) is 22.4 Å². The molecule has 26 heavy (non-hydrogen) atoms. The molecule has 4 rings (SSSR count). The molecular formula is C21H17FN2O2. The number of hydrogen-bond acceptors (Lipinski definition) is 2. The number of halogens is 1. The van der Waals surface area contributed by atoms with Crippen molar-refractivity contribution < 1.29 is 13.9 Å². The predicted molar refractivity (Wildman–Crippen MR) is 101 cm³/mol. The van der Waals surface area contributed by atoms with E-state index in [-0.39, 0.29) is 5.69 Å². The Labute approximate surface area is 149 Å². The number of fused-ring (bicyclic) bond motifs is 3. The number of rotatable bonds is 4. The Kier molecular flexibility index (Phi) is 4.05. The fraction of sp³-hybridized carbons (Fsp3) is 0.0952. The fourth-order valence-corrected chi connectivity index (χ4v) is 2.96. The summed E-state index contributed by atoms with van der Waals surface area (Å²) >= 11 is 0. The minimum atomic E-state index is -0.767. The molecule has 0 saturated carbocycles. The van der Waals surface area contributed by atoms with Gasteiger partial charge in [-0.3, -0.25) is 4.79 Å². The molecule has 1 heterocycles. The Morgan fingerprint density at radius 1 is 1.00 bits per heavy atom. The normalized spacial score (nSPS) is 12.2. The quantitative estimate of drug-likeness (QED) is 0.553. The van der Waals surface area contributed by atoms with Crippen molar-refractivity contribution in [2.24, 2.45) is 0 Å². The molecule has 0 saturated heterocycles. The van der Waals surface area contributed by atoms with Crippen LogP contribution in [0.15, 0.2) is 66.7 Å². The standard InChI is InChI=1S/C21H17FN2O2/c1-13(21(25)24-19-9-5-3-7-17(19)22)26-14-10-11-16-15-6-2-4-8-18(15)23-20(16)12-14/h2-13,23H,1H3,(H,24,25). The van der Waals surface area contributed by atoms with E-state index in [0.717, 1.165) is 21.8 Å². The zero-order valence-electron chi connectivity index (χ0n) is 14.1. The molecule has 4 nitrogen and oxygen atoms in total. The third kappa shape index (κ3) is 2.99. The van der Waals surface area contributed by atoms with Crippen LogP contribution in [0.1, 0.15) is 6.92 Å². The van der Waals surface area contributed by atoms with Gasteiger partial charge in [-0.25, -0.2) is 4.39 Å². The van der Waals surface area contributed by atoms with Crippen LogP contribution < -0.4 is 10.1 Å². The van der Waals surface area contributed by atoms with Crippen molar-refractivity contribution in [3.05, 3.63) is 72.5 Å². The van der Waals surface area contributed by atoms with E-state index in [1.54, 1.807) is 19.1 Å². The molecule has 5 heteroatoms. The number of aromatic amines is 1. The lowest BCUT2D eigenvalue weighted by atomic mass is 10.1. The first-order valence-electron chi connectivity index (χ1n) is 8.34. The number of H-pyrrole nitrogens is 1. The van der Waals surface area contributed by atoms with Gasteiger partial charge in [0.05, 0.1) is 11.2 Å². The molecule has 3 aromatic carbocycles. The maximum Gasteiger partial charge on any atom is 0.265 e. The number of carbonyl (C=O) groups excluding carboxylic acids is 1. The molecule has 0 fully saturated rings. The first-order valence-corrected chi connectivity index (χ1v) is 8.34. The molecule has 2 N–H and O–H groups in total. The lowest BCUT2D eigenvalue weighted by Crippen LogP contribution is -2.30. The van der Waals surface area contributed by atoms with E-state index in [2.05, 4.69) is 16.4 Å². The molecule has 0 aliphatic heterocycles. The van der Waals surface area contributed by atoms with E-state index in [4.69, 9.17) is 4.74 Å². The number of aromatic nitrogens is 1. The molecule has 1 unspecified atom stereocenters. The maximum absolute atomic E-state index is 13.7. The third-order valence-electron chi connectivity index (χ3n) is 4.29. The van der Waals surface area contributed by atoms with Crippen LogP contribution in [-0.4, -0.2) is 17.0 Å². The zero-order chi connectivity index (χ0) is 18.1. The van der Waals surface area contributed by atoms with Crippen LogP contribution in [0.3, 0.4) is 0 Å². The van der Waals surface area contributed by atoms with E-state index < -0.39 is 17.8 Å². The van der Waals surface area contributed by atoms with Crippen molar-refractivity contribution in [2.75, 3.05) is 5.32 Å². The van der Waals surface area contributed by atoms with Gasteiger partial charge in [-0.2, -0.15) is 0 Å². The molecule has 4 aromatic rings. The van der Waals surface area contributed by atoms with Crippen LogP contribution >= 0.6 is 0 Å². The average molecular weight is 348 g/mol. The topological polar surface area (TPSA) is 54.1 Å². The van der Waals surface area contributed by atoms with E-state index in [1.807, 2.05) is 36.4 Å². The first kappa shape index (κ1) is 16.1. The van der Waals surface area contributed by atoms with Crippen LogP contribution in [0.4, 0.5) is 10.1 Å². The highest BCUT2D eigenvalue weighted by molar-refractivity contribution is 6.07. The van der Waals surface area contributed by atoms with Crippen LogP contribution in [0.5, 0.6) is 5.75 Å². The van der Waals surface area contributed by atoms with E-state index >= 15 is 0 Å². The summed E-state index contributed by atoms with van der Waals surface area (Å²) in [6.07, 6.45) is -0.767. The van der Waals surface area contributed by atoms with Crippen LogP contribution in [0.25, 0.3) is 21.8 Å². The molecule has 0 aliphatic carbocycles. The van der Waals surface area contributed by atoms with E-state index in [1.165, 1.54) is 12.1 Å². The van der Waals surface area contributed by atoms with Crippen molar-refractivity contribution in [1.29, 1.82) is 0 Å². The van der Waals surface area contributed by atoms with Crippen molar-refractivity contribution in [2.45, 2.75) is 13.0 Å². The lowest BCUT2D eigenvalue weighted by Gasteiger charge is -2.15. The molecule has 1 atom stereocenters. The van der Waals surface area contributed by atoms with Gasteiger partial charge < -0.3 is 15.0 Å². The number of benzene rings is 3. The van der Waals surface area contributed by atoms with Crippen molar-refractivity contribution in [3.8, 4) is 5.75 Å². The molecule has 0 bridgehead atoms. The molecule has 0 spiro atoms. The smallest absolute Gasteiger partial charge is 0.265 e. The van der Waals surface area contributed by atoms with Crippen LogP contribution in [-0.2, 0) is 4.79 Å². The minimum absolute atomic E-state index is 0.138. The van der Waals surface area contributed by atoms with Crippen LogP contribution in [0.2, 0.25) is 0 Å². The van der Waals surface area contributed by atoms with Crippen molar-refractivity contribution >= 4 is 33.4 Å². The van der Waals surface area contributed by atoms with E-state index in [0.29, 0.717) is 5.75 Å². The molecule has 1 aromatic heterocycles. The van der Waals surface area contributed by atoms with Crippen LogP contribution in [0, 0.1) is 5.82 Å². The van der Waals surface area contributed by atoms with Crippen molar-refractivity contribution in [1.82, 2.24) is 4.98 Å². The summed E-state index contributed by atoms with van der Waals surface area (Å²) in [5, 5.41) is 4.77. The number of para-hydroxylation sites is 2. The monoisotopic (exact) mass is 348 g/mol. The van der Waals surface area contributed by atoms with Gasteiger partial charge in [0.2, 0.25) is 0 Å². The second-order valence-electron chi connectivity index (χ2n) is 6.11. The minimum Gasteiger partial charge on any atom is -0.481 e. The van der Waals surface area contributed by atoms with E-state index in [9.17, 15) is 9.18 Å². The van der Waals surface area contributed by atoms with Gasteiger partial charge in [-0.1, -0.05) is 30.3 Å². The van der Waals surface area contributed by atoms with Gasteiger partial charge in [0.25, 0.3) is 5.91 Å².